The zero-order valence-electron chi connectivity index (χ0n) is 12.0. The fourth-order valence-electron chi connectivity index (χ4n) is 2.25. The molecular formula is C15H10Cl2N4O3. The number of nitrogens with one attached hydrogen (secondary N) is 2. The molecule has 0 saturated heterocycles. The van der Waals surface area contributed by atoms with Crippen molar-refractivity contribution in [2.45, 2.75) is 0 Å². The molecule has 0 aliphatic carbocycles. The maximum atomic E-state index is 12.9. The number of halogens is 2. The molecule has 0 radical (unpaired) electrons. The third-order valence-electron chi connectivity index (χ3n) is 3.23. The van der Waals surface area contributed by atoms with Gasteiger partial charge in [-0.2, -0.15) is 0 Å². The quantitative estimate of drug-likeness (QED) is 0.480. The molecule has 3 rings (SSSR count). The lowest BCUT2D eigenvalue weighted by Crippen LogP contribution is -2.31. The third-order valence-corrected chi connectivity index (χ3v) is 3.74. The number of urea groups is 1. The standard InChI is InChI=1S/C15H10Cl2N4O3/c16-8-6-10-12(11(17)7-8)18-14(19-15(23)20-24)21(13(10)22)9-4-2-1-3-5-9/h1-7,24H,(H2,18,19,20,23). The van der Waals surface area contributed by atoms with E-state index in [-0.39, 0.29) is 21.9 Å². The van der Waals surface area contributed by atoms with E-state index in [2.05, 4.69) is 10.3 Å². The summed E-state index contributed by atoms with van der Waals surface area (Å²) in [6.07, 6.45) is 0. The number of nitrogens with zero attached hydrogens (tertiary/aromatic N) is 2. The summed E-state index contributed by atoms with van der Waals surface area (Å²) in [6.45, 7) is 0. The number of benzene rings is 2. The smallest absolute Gasteiger partial charge is 0.287 e. The number of fused-ring (bicyclic) bond motifs is 1. The first-order valence-electron chi connectivity index (χ1n) is 6.69. The Labute approximate surface area is 145 Å². The zero-order chi connectivity index (χ0) is 17.3. The molecule has 24 heavy (non-hydrogen) atoms. The number of carbonyl (C=O) groups is 1. The lowest BCUT2D eigenvalue weighted by atomic mass is 10.2. The molecule has 7 nitrogen and oxygen atoms in total. The van der Waals surface area contributed by atoms with E-state index < -0.39 is 11.6 Å². The normalized spacial score (nSPS) is 10.6. The second-order valence-corrected chi connectivity index (χ2v) is 5.60. The average Bonchev–Trinajstić information content (AvgIpc) is 2.57. The molecule has 3 N–H and O–H groups in total. The summed E-state index contributed by atoms with van der Waals surface area (Å²) in [5, 5.41) is 11.7. The first kappa shape index (κ1) is 16.3. The molecule has 1 heterocycles. The molecular weight excluding hydrogens is 355 g/mol. The van der Waals surface area contributed by atoms with Crippen LogP contribution in [0.3, 0.4) is 0 Å². The highest BCUT2D eigenvalue weighted by atomic mass is 35.5. The summed E-state index contributed by atoms with van der Waals surface area (Å²) >= 11 is 12.1. The largest absolute Gasteiger partial charge is 0.345 e. The molecule has 2 aromatic carbocycles. The van der Waals surface area contributed by atoms with Crippen molar-refractivity contribution in [2.24, 2.45) is 0 Å². The summed E-state index contributed by atoms with van der Waals surface area (Å²) in [7, 11) is 0. The van der Waals surface area contributed by atoms with Crippen LogP contribution in [0.2, 0.25) is 10.0 Å². The molecule has 0 atom stereocenters. The molecule has 3 aromatic rings. The Hall–Kier alpha value is -2.61. The van der Waals surface area contributed by atoms with Crippen molar-refractivity contribution in [3.8, 4) is 5.69 Å². The summed E-state index contributed by atoms with van der Waals surface area (Å²) in [4.78, 5) is 28.6. The van der Waals surface area contributed by atoms with Gasteiger partial charge >= 0.3 is 6.03 Å². The van der Waals surface area contributed by atoms with Gasteiger partial charge in [-0.15, -0.1) is 0 Å². The predicted octanol–water partition coefficient (Wildman–Crippen LogP) is 3.20. The van der Waals surface area contributed by atoms with Gasteiger partial charge in [-0.25, -0.2) is 19.8 Å². The van der Waals surface area contributed by atoms with Gasteiger partial charge in [0.2, 0.25) is 5.95 Å². The fraction of sp³-hybridized carbons (Fsp3) is 0. The van der Waals surface area contributed by atoms with Crippen LogP contribution in [0.4, 0.5) is 10.7 Å². The van der Waals surface area contributed by atoms with Gasteiger partial charge in [0.05, 0.1) is 21.6 Å². The fourth-order valence-corrected chi connectivity index (χ4v) is 2.78. The monoisotopic (exact) mass is 364 g/mol. The van der Waals surface area contributed by atoms with Crippen LogP contribution in [-0.4, -0.2) is 20.8 Å². The van der Waals surface area contributed by atoms with Crippen LogP contribution in [0, 0.1) is 0 Å². The highest BCUT2D eigenvalue weighted by molar-refractivity contribution is 6.38. The lowest BCUT2D eigenvalue weighted by molar-refractivity contribution is 0.172. The second-order valence-electron chi connectivity index (χ2n) is 4.76. The van der Waals surface area contributed by atoms with Crippen molar-refractivity contribution in [3.05, 3.63) is 62.9 Å². The number of anilines is 1. The zero-order valence-corrected chi connectivity index (χ0v) is 13.5. The molecule has 2 amide bonds. The van der Waals surface area contributed by atoms with Gasteiger partial charge < -0.3 is 0 Å². The van der Waals surface area contributed by atoms with Gasteiger partial charge in [0, 0.05) is 5.02 Å². The van der Waals surface area contributed by atoms with E-state index in [4.69, 9.17) is 28.4 Å². The molecule has 122 valence electrons. The Morgan fingerprint density at radius 2 is 1.88 bits per heavy atom. The topological polar surface area (TPSA) is 96.2 Å². The van der Waals surface area contributed by atoms with E-state index in [1.807, 2.05) is 0 Å². The van der Waals surface area contributed by atoms with Crippen molar-refractivity contribution in [3.63, 3.8) is 0 Å². The van der Waals surface area contributed by atoms with Crippen molar-refractivity contribution < 1.29 is 10.0 Å². The minimum atomic E-state index is -0.948. The van der Waals surface area contributed by atoms with E-state index in [0.717, 1.165) is 0 Å². The summed E-state index contributed by atoms with van der Waals surface area (Å²) in [5.41, 5.74) is 1.62. The van der Waals surface area contributed by atoms with E-state index >= 15 is 0 Å². The molecule has 0 aliphatic rings. The number of hydrogen-bond donors (Lipinski definition) is 3. The second kappa shape index (κ2) is 6.48. The van der Waals surface area contributed by atoms with Gasteiger partial charge in [-0.3, -0.25) is 15.3 Å². The van der Waals surface area contributed by atoms with Crippen LogP contribution in [0.25, 0.3) is 16.6 Å². The van der Waals surface area contributed by atoms with Crippen LogP contribution < -0.4 is 16.4 Å². The first-order chi connectivity index (χ1) is 11.5. The van der Waals surface area contributed by atoms with Crippen LogP contribution in [0.15, 0.2) is 47.3 Å². The highest BCUT2D eigenvalue weighted by Gasteiger charge is 2.17. The minimum absolute atomic E-state index is 0.102. The Morgan fingerprint density at radius 3 is 2.54 bits per heavy atom. The number of hydrogen-bond acceptors (Lipinski definition) is 4. The first-order valence-corrected chi connectivity index (χ1v) is 7.45. The maximum absolute atomic E-state index is 12.9. The summed E-state index contributed by atoms with van der Waals surface area (Å²) in [6, 6.07) is 10.5. The van der Waals surface area contributed by atoms with E-state index in [9.17, 15) is 9.59 Å². The molecule has 0 bridgehead atoms. The Balaban J connectivity index is 2.38. The van der Waals surface area contributed by atoms with Crippen molar-refractivity contribution >= 4 is 46.1 Å². The van der Waals surface area contributed by atoms with E-state index in [1.165, 1.54) is 22.2 Å². The van der Waals surface area contributed by atoms with Gasteiger partial charge in [0.15, 0.2) is 0 Å². The summed E-state index contributed by atoms with van der Waals surface area (Å²) < 4.78 is 1.18. The summed E-state index contributed by atoms with van der Waals surface area (Å²) in [5.74, 6) is -0.102. The maximum Gasteiger partial charge on any atom is 0.345 e. The van der Waals surface area contributed by atoms with Crippen LogP contribution in [-0.2, 0) is 0 Å². The highest BCUT2D eigenvalue weighted by Crippen LogP contribution is 2.26. The van der Waals surface area contributed by atoms with Crippen LogP contribution in [0.5, 0.6) is 0 Å². The molecule has 0 aliphatic heterocycles. The molecule has 0 spiro atoms. The number of hydroxylamine groups is 1. The van der Waals surface area contributed by atoms with Gasteiger partial charge in [-0.05, 0) is 24.3 Å². The average molecular weight is 365 g/mol. The number of carbonyl (C=O) groups excluding carboxylic acids is 1. The van der Waals surface area contributed by atoms with Gasteiger partial charge in [-0.1, -0.05) is 41.4 Å². The van der Waals surface area contributed by atoms with Gasteiger partial charge in [0.25, 0.3) is 5.56 Å². The number of aromatic nitrogens is 2. The van der Waals surface area contributed by atoms with Crippen molar-refractivity contribution in [1.29, 1.82) is 0 Å². The van der Waals surface area contributed by atoms with Gasteiger partial charge in [0.1, 0.15) is 0 Å². The van der Waals surface area contributed by atoms with Crippen molar-refractivity contribution in [2.75, 3.05) is 5.32 Å². The number of para-hydroxylation sites is 1. The molecule has 0 saturated carbocycles. The van der Waals surface area contributed by atoms with Crippen molar-refractivity contribution in [1.82, 2.24) is 15.0 Å². The molecule has 0 unspecified atom stereocenters. The predicted molar refractivity (Wildman–Crippen MR) is 91.3 cm³/mol. The Bertz CT molecular complexity index is 989. The van der Waals surface area contributed by atoms with Crippen LogP contribution >= 0.6 is 23.2 Å². The SMILES string of the molecule is O=C(NO)Nc1nc2c(Cl)cc(Cl)cc2c(=O)n1-c1ccccc1. The lowest BCUT2D eigenvalue weighted by Gasteiger charge is -2.14. The number of rotatable bonds is 2. The van der Waals surface area contributed by atoms with E-state index in [0.29, 0.717) is 10.7 Å². The minimum Gasteiger partial charge on any atom is -0.287 e. The van der Waals surface area contributed by atoms with E-state index in [1.54, 1.807) is 30.3 Å². The molecule has 0 fully saturated rings. The molecule has 9 heteroatoms. The Kier molecular flexibility index (Phi) is 4.39. The molecule has 1 aromatic heterocycles. The Morgan fingerprint density at radius 1 is 1.17 bits per heavy atom. The van der Waals surface area contributed by atoms with Crippen LogP contribution in [0.1, 0.15) is 0 Å². The number of amides is 2. The third kappa shape index (κ3) is 2.92.